The van der Waals surface area contributed by atoms with Crippen LogP contribution >= 0.6 is 11.8 Å². The van der Waals surface area contributed by atoms with E-state index in [2.05, 4.69) is 70.0 Å². The zero-order chi connectivity index (χ0) is 21.5. The summed E-state index contributed by atoms with van der Waals surface area (Å²) in [5, 5.41) is 12.2. The van der Waals surface area contributed by atoms with E-state index in [1.54, 1.807) is 0 Å². The number of rotatable bonds is 9. The Labute approximate surface area is 182 Å². The van der Waals surface area contributed by atoms with Crippen LogP contribution in [0.2, 0.25) is 0 Å². The van der Waals surface area contributed by atoms with E-state index in [1.165, 1.54) is 17.4 Å². The van der Waals surface area contributed by atoms with E-state index in [0.29, 0.717) is 0 Å². The molecule has 1 amide bonds. The number of para-hydroxylation sites is 1. The quantitative estimate of drug-likeness (QED) is 0.495. The van der Waals surface area contributed by atoms with Crippen molar-refractivity contribution >= 4 is 29.0 Å². The topological polar surface area (TPSA) is 63.1 Å². The van der Waals surface area contributed by atoms with Crippen LogP contribution in [0.15, 0.2) is 59.8 Å². The van der Waals surface area contributed by atoms with Gasteiger partial charge in [-0.25, -0.2) is 0 Å². The second kappa shape index (κ2) is 10.3. The number of carbonyl (C=O) groups excluding carboxylic acids is 1. The monoisotopic (exact) mass is 423 g/mol. The maximum Gasteiger partial charge on any atom is 0.237 e. The molecule has 3 rings (SSSR count). The molecule has 0 bridgehead atoms. The zero-order valence-electron chi connectivity index (χ0n) is 18.0. The van der Waals surface area contributed by atoms with Gasteiger partial charge in [0.25, 0.3) is 0 Å². The second-order valence-electron chi connectivity index (χ2n) is 6.88. The van der Waals surface area contributed by atoms with Crippen LogP contribution in [0.5, 0.6) is 0 Å². The van der Waals surface area contributed by atoms with Gasteiger partial charge in [0, 0.05) is 36.6 Å². The standard InChI is InChI=1S/C23H29N5OS/c1-5-27(6-2)20-15-13-18(14-16-20)21-25-26-23(28(21)7-3)30-17(4)22(29)24-19-11-9-8-10-12-19/h8-17H,5-7H2,1-4H3,(H,24,29). The Morgan fingerprint density at radius 2 is 1.70 bits per heavy atom. The van der Waals surface area contributed by atoms with Gasteiger partial charge in [-0.3, -0.25) is 4.79 Å². The summed E-state index contributed by atoms with van der Waals surface area (Å²) >= 11 is 1.42. The zero-order valence-corrected chi connectivity index (χ0v) is 18.8. The van der Waals surface area contributed by atoms with E-state index in [0.717, 1.165) is 41.9 Å². The highest BCUT2D eigenvalue weighted by molar-refractivity contribution is 8.00. The van der Waals surface area contributed by atoms with Crippen LogP contribution in [0.1, 0.15) is 27.7 Å². The summed E-state index contributed by atoms with van der Waals surface area (Å²) in [6, 6.07) is 17.9. The predicted molar refractivity (Wildman–Crippen MR) is 125 cm³/mol. The molecule has 0 radical (unpaired) electrons. The van der Waals surface area contributed by atoms with E-state index in [1.807, 2.05) is 37.3 Å². The third-order valence-corrected chi connectivity index (χ3v) is 6.06. The molecule has 1 N–H and O–H groups in total. The fraction of sp³-hybridized carbons (Fsp3) is 0.348. The number of aromatic nitrogens is 3. The molecular weight excluding hydrogens is 394 g/mol. The number of amides is 1. The van der Waals surface area contributed by atoms with Gasteiger partial charge in [-0.05, 0) is 64.1 Å². The second-order valence-corrected chi connectivity index (χ2v) is 8.19. The number of benzene rings is 2. The van der Waals surface area contributed by atoms with Crippen LogP contribution in [0, 0.1) is 0 Å². The molecule has 1 atom stereocenters. The van der Waals surface area contributed by atoms with E-state index < -0.39 is 0 Å². The highest BCUT2D eigenvalue weighted by Crippen LogP contribution is 2.28. The Morgan fingerprint density at radius 1 is 1.03 bits per heavy atom. The van der Waals surface area contributed by atoms with Crippen molar-refractivity contribution in [3.8, 4) is 11.4 Å². The number of anilines is 2. The van der Waals surface area contributed by atoms with E-state index >= 15 is 0 Å². The van der Waals surface area contributed by atoms with Gasteiger partial charge in [-0.2, -0.15) is 0 Å². The Hall–Kier alpha value is -2.80. The van der Waals surface area contributed by atoms with Crippen molar-refractivity contribution in [1.82, 2.24) is 14.8 Å². The smallest absolute Gasteiger partial charge is 0.237 e. The van der Waals surface area contributed by atoms with Crippen LogP contribution < -0.4 is 10.2 Å². The molecule has 1 unspecified atom stereocenters. The minimum Gasteiger partial charge on any atom is -0.372 e. The van der Waals surface area contributed by atoms with Crippen LogP contribution in [0.25, 0.3) is 11.4 Å². The molecule has 2 aromatic carbocycles. The first kappa shape index (κ1) is 21.9. The molecule has 0 spiro atoms. The van der Waals surface area contributed by atoms with Crippen molar-refractivity contribution in [3.05, 3.63) is 54.6 Å². The van der Waals surface area contributed by atoms with Crippen LogP contribution in [-0.2, 0) is 11.3 Å². The number of nitrogens with one attached hydrogen (secondary N) is 1. The van der Waals surface area contributed by atoms with Gasteiger partial charge in [0.15, 0.2) is 11.0 Å². The Morgan fingerprint density at radius 3 is 2.30 bits per heavy atom. The maximum atomic E-state index is 12.6. The molecule has 158 valence electrons. The fourth-order valence-electron chi connectivity index (χ4n) is 3.26. The highest BCUT2D eigenvalue weighted by atomic mass is 32.2. The third-order valence-electron chi connectivity index (χ3n) is 4.98. The molecule has 0 aliphatic rings. The molecule has 0 aliphatic carbocycles. The first-order valence-electron chi connectivity index (χ1n) is 10.4. The predicted octanol–water partition coefficient (Wildman–Crippen LogP) is 4.93. The molecule has 6 nitrogen and oxygen atoms in total. The van der Waals surface area contributed by atoms with Crippen LogP contribution in [0.3, 0.4) is 0 Å². The Balaban J connectivity index is 1.74. The lowest BCUT2D eigenvalue weighted by Crippen LogP contribution is -2.22. The molecule has 30 heavy (non-hydrogen) atoms. The van der Waals surface area contributed by atoms with Crippen molar-refractivity contribution in [2.75, 3.05) is 23.3 Å². The first-order valence-corrected chi connectivity index (χ1v) is 11.3. The van der Waals surface area contributed by atoms with Gasteiger partial charge in [0.05, 0.1) is 5.25 Å². The molecular formula is C23H29N5OS. The van der Waals surface area contributed by atoms with Gasteiger partial charge >= 0.3 is 0 Å². The normalized spacial score (nSPS) is 11.9. The Bertz CT molecular complexity index is 951. The summed E-state index contributed by atoms with van der Waals surface area (Å²) in [5.74, 6) is 0.767. The van der Waals surface area contributed by atoms with E-state index in [9.17, 15) is 4.79 Å². The minimum atomic E-state index is -0.294. The van der Waals surface area contributed by atoms with Gasteiger partial charge < -0.3 is 14.8 Å². The van der Waals surface area contributed by atoms with Crippen molar-refractivity contribution in [1.29, 1.82) is 0 Å². The van der Waals surface area contributed by atoms with E-state index in [-0.39, 0.29) is 11.2 Å². The fourth-order valence-corrected chi connectivity index (χ4v) is 4.17. The largest absolute Gasteiger partial charge is 0.372 e. The summed E-state index contributed by atoms with van der Waals surface area (Å²) < 4.78 is 2.06. The summed E-state index contributed by atoms with van der Waals surface area (Å²) in [6.07, 6.45) is 0. The number of nitrogens with zero attached hydrogens (tertiary/aromatic N) is 4. The summed E-state index contributed by atoms with van der Waals surface area (Å²) in [7, 11) is 0. The summed E-state index contributed by atoms with van der Waals surface area (Å²) in [4.78, 5) is 14.9. The number of thioether (sulfide) groups is 1. The van der Waals surface area contributed by atoms with Crippen LogP contribution in [0.4, 0.5) is 11.4 Å². The summed E-state index contributed by atoms with van der Waals surface area (Å²) in [6.45, 7) is 10.9. The number of hydrogen-bond acceptors (Lipinski definition) is 5. The number of carbonyl (C=O) groups is 1. The maximum absolute atomic E-state index is 12.6. The average Bonchev–Trinajstić information content (AvgIpc) is 3.18. The van der Waals surface area contributed by atoms with Gasteiger partial charge in [-0.15, -0.1) is 10.2 Å². The molecule has 0 aliphatic heterocycles. The lowest BCUT2D eigenvalue weighted by atomic mass is 10.2. The van der Waals surface area contributed by atoms with Gasteiger partial charge in [-0.1, -0.05) is 30.0 Å². The first-order chi connectivity index (χ1) is 14.6. The lowest BCUT2D eigenvalue weighted by molar-refractivity contribution is -0.115. The Kier molecular flexibility index (Phi) is 7.52. The highest BCUT2D eigenvalue weighted by Gasteiger charge is 2.20. The van der Waals surface area contributed by atoms with E-state index in [4.69, 9.17) is 0 Å². The molecule has 1 aromatic heterocycles. The average molecular weight is 424 g/mol. The molecule has 0 saturated carbocycles. The molecule has 0 saturated heterocycles. The summed E-state index contributed by atoms with van der Waals surface area (Å²) in [5.41, 5.74) is 3.02. The van der Waals surface area contributed by atoms with Gasteiger partial charge in [0.2, 0.25) is 5.91 Å². The minimum absolute atomic E-state index is 0.0537. The number of hydrogen-bond donors (Lipinski definition) is 1. The lowest BCUT2D eigenvalue weighted by Gasteiger charge is -2.21. The van der Waals surface area contributed by atoms with Gasteiger partial charge in [0.1, 0.15) is 0 Å². The van der Waals surface area contributed by atoms with Crippen molar-refractivity contribution < 1.29 is 4.79 Å². The van der Waals surface area contributed by atoms with Crippen LogP contribution in [-0.4, -0.2) is 39.0 Å². The van der Waals surface area contributed by atoms with Crippen molar-refractivity contribution in [2.24, 2.45) is 0 Å². The SMILES string of the molecule is CCN(CC)c1ccc(-c2nnc(SC(C)C(=O)Nc3ccccc3)n2CC)cc1. The van der Waals surface area contributed by atoms with Crippen molar-refractivity contribution in [3.63, 3.8) is 0 Å². The molecule has 0 fully saturated rings. The van der Waals surface area contributed by atoms with Crippen molar-refractivity contribution in [2.45, 2.75) is 44.6 Å². The molecule has 3 aromatic rings. The molecule has 1 heterocycles. The third kappa shape index (κ3) is 5.02. The molecule has 7 heteroatoms.